The molecule has 2 aliphatic rings. The molecule has 69 heavy (non-hydrogen) atoms. The Kier molecular flexibility index (Phi) is 24.5. The van der Waals surface area contributed by atoms with Gasteiger partial charge in [0.05, 0.1) is 21.9 Å². The summed E-state index contributed by atoms with van der Waals surface area (Å²) >= 11 is 9.04. The van der Waals surface area contributed by atoms with Gasteiger partial charge in [-0.15, -0.1) is 11.3 Å². The molecule has 6 rings (SSSR count). The van der Waals surface area contributed by atoms with E-state index < -0.39 is 30.4 Å². The van der Waals surface area contributed by atoms with Crippen LogP contribution < -0.4 is 36.2 Å². The standard InChI is InChI=1S/C44H51ClFN7O8S2.2C2H6.CH2O/c1-51(25-54)36-22-28(7-9-34(36)52(2)35-10-11-37(55)50-43(35)58)27(12-16-47)13-17-48-31-5-3-4-26(20-31)24-62-53-18-14-30(15-19-53)49-33-21-29(6-8-32(33)46)41-39(45)40(61-23-38(56)57)42(63-41)44(59)60;3*1-2/h3-9,20-22,25,27,30,35,48-49H,10-19,23-24,47H2,1-2H3,(H,56,57)(H,59,60)(H,50,55,58);2*1-2H3;1H2. The first-order valence-electron chi connectivity index (χ1n) is 22.8. The Balaban J connectivity index is 0.00000202. The highest BCUT2D eigenvalue weighted by molar-refractivity contribution is 7.96. The lowest BCUT2D eigenvalue weighted by molar-refractivity contribution is -0.139. The van der Waals surface area contributed by atoms with Crippen molar-refractivity contribution in [2.24, 2.45) is 5.73 Å². The van der Waals surface area contributed by atoms with E-state index in [1.807, 2.05) is 69.7 Å². The Labute approximate surface area is 417 Å². The van der Waals surface area contributed by atoms with Crippen LogP contribution in [0.5, 0.6) is 5.75 Å². The van der Waals surface area contributed by atoms with Crippen molar-refractivity contribution in [3.63, 3.8) is 0 Å². The number of likely N-dealkylation sites (N-methyl/N-ethyl adjacent to an activating group) is 1. The number of halogens is 2. The summed E-state index contributed by atoms with van der Waals surface area (Å²) in [7, 11) is 3.47. The zero-order chi connectivity index (χ0) is 51.2. The number of nitrogens with two attached hydrogens (primary N) is 1. The van der Waals surface area contributed by atoms with Gasteiger partial charge in [-0.2, -0.15) is 0 Å². The van der Waals surface area contributed by atoms with E-state index in [2.05, 4.69) is 32.4 Å². The molecule has 1 aromatic heterocycles. The van der Waals surface area contributed by atoms with E-state index in [4.69, 9.17) is 32.0 Å². The number of hydrogen-bond acceptors (Lipinski definition) is 14. The molecule has 2 unspecified atom stereocenters. The van der Waals surface area contributed by atoms with Gasteiger partial charge in [0, 0.05) is 57.6 Å². The highest BCUT2D eigenvalue weighted by Gasteiger charge is 2.32. The number of imide groups is 1. The van der Waals surface area contributed by atoms with Crippen LogP contribution in [0.2, 0.25) is 5.02 Å². The Morgan fingerprint density at radius 3 is 2.38 bits per heavy atom. The third-order valence-corrected chi connectivity index (χ3v) is 14.0. The zero-order valence-corrected chi connectivity index (χ0v) is 42.4. The molecule has 0 bridgehead atoms. The number of anilines is 4. The van der Waals surface area contributed by atoms with Crippen molar-refractivity contribution in [3.8, 4) is 16.2 Å². The van der Waals surface area contributed by atoms with Crippen LogP contribution in [-0.4, -0.2) is 110 Å². The Morgan fingerprint density at radius 1 is 1.03 bits per heavy atom. The monoisotopic (exact) mass is 1010 g/mol. The molecule has 2 atom stereocenters. The summed E-state index contributed by atoms with van der Waals surface area (Å²) in [4.78, 5) is 70.6. The normalized spacial score (nSPS) is 15.1. The van der Waals surface area contributed by atoms with Crippen molar-refractivity contribution in [2.45, 2.75) is 90.0 Å². The van der Waals surface area contributed by atoms with Crippen LogP contribution in [0.4, 0.5) is 27.1 Å². The van der Waals surface area contributed by atoms with Gasteiger partial charge >= 0.3 is 11.9 Å². The number of thiophene rings is 1. The van der Waals surface area contributed by atoms with Crippen molar-refractivity contribution in [1.82, 2.24) is 9.62 Å². The van der Waals surface area contributed by atoms with Gasteiger partial charge in [-0.1, -0.05) is 75.5 Å². The van der Waals surface area contributed by atoms with Gasteiger partial charge in [0.1, 0.15) is 23.7 Å². The van der Waals surface area contributed by atoms with Gasteiger partial charge in [-0.25, -0.2) is 14.0 Å². The third kappa shape index (κ3) is 16.2. The maximum absolute atomic E-state index is 15.0. The molecule has 7 N–H and O–H groups in total. The second-order valence-electron chi connectivity index (χ2n) is 15.4. The number of amides is 3. The van der Waals surface area contributed by atoms with Crippen LogP contribution in [0.25, 0.3) is 10.4 Å². The van der Waals surface area contributed by atoms with Gasteiger partial charge in [-0.3, -0.25) is 24.0 Å². The average Bonchev–Trinajstić information content (AvgIpc) is 3.70. The number of rotatable bonds is 21. The number of aromatic carboxylic acids is 1. The molecule has 376 valence electrons. The van der Waals surface area contributed by atoms with Gasteiger partial charge in [-0.05, 0) is 97.7 Å². The Morgan fingerprint density at radius 2 is 1.74 bits per heavy atom. The van der Waals surface area contributed by atoms with Crippen LogP contribution in [0.15, 0.2) is 60.7 Å². The summed E-state index contributed by atoms with van der Waals surface area (Å²) < 4.78 is 22.5. The highest BCUT2D eigenvalue weighted by Crippen LogP contribution is 2.46. The third-order valence-electron chi connectivity index (χ3n) is 11.1. The first-order chi connectivity index (χ1) is 33.3. The summed E-state index contributed by atoms with van der Waals surface area (Å²) in [6, 6.07) is 18.1. The number of ether oxygens (including phenoxy) is 1. The summed E-state index contributed by atoms with van der Waals surface area (Å²) in [6.07, 6.45) is 4.45. The summed E-state index contributed by atoms with van der Waals surface area (Å²) in [5.41, 5.74) is 11.4. The molecule has 3 amide bonds. The number of carbonyl (C=O) groups excluding carboxylic acids is 4. The zero-order valence-electron chi connectivity index (χ0n) is 40.0. The second-order valence-corrected chi connectivity index (χ2v) is 17.9. The lowest BCUT2D eigenvalue weighted by atomic mass is 9.91. The lowest BCUT2D eigenvalue weighted by Crippen LogP contribution is -2.51. The fraction of sp³-hybridized carbons (Fsp3) is 0.429. The van der Waals surface area contributed by atoms with Crippen molar-refractivity contribution >= 4 is 94.6 Å². The molecule has 20 heteroatoms. The molecule has 2 aliphatic heterocycles. The van der Waals surface area contributed by atoms with E-state index in [0.717, 1.165) is 79.1 Å². The molecule has 2 fully saturated rings. The molecular formula is C49H65ClFN7O9S2. The van der Waals surface area contributed by atoms with Gasteiger partial charge in [0.2, 0.25) is 18.2 Å². The van der Waals surface area contributed by atoms with Gasteiger partial charge in [0.15, 0.2) is 17.2 Å². The van der Waals surface area contributed by atoms with Crippen molar-refractivity contribution in [1.29, 1.82) is 0 Å². The predicted octanol–water partition coefficient (Wildman–Crippen LogP) is 8.73. The lowest BCUT2D eigenvalue weighted by Gasteiger charge is -2.34. The molecule has 2 saturated heterocycles. The number of hydrogen-bond donors (Lipinski definition) is 6. The summed E-state index contributed by atoms with van der Waals surface area (Å²) in [5.74, 6) is -3.05. The van der Waals surface area contributed by atoms with Crippen molar-refractivity contribution < 1.29 is 48.1 Å². The molecule has 0 aliphatic carbocycles. The van der Waals surface area contributed by atoms with E-state index >= 15 is 4.39 Å². The smallest absolute Gasteiger partial charge is 0.349 e. The highest BCUT2D eigenvalue weighted by atomic mass is 35.5. The van der Waals surface area contributed by atoms with Gasteiger partial charge in [0.25, 0.3) is 0 Å². The molecule has 4 aromatic rings. The maximum Gasteiger partial charge on any atom is 0.349 e. The molecule has 16 nitrogen and oxygen atoms in total. The molecule has 0 radical (unpaired) electrons. The fourth-order valence-corrected chi connectivity index (χ4v) is 10.2. The fourth-order valence-electron chi connectivity index (χ4n) is 7.77. The molecule has 0 spiro atoms. The number of aliphatic carboxylic acids is 1. The van der Waals surface area contributed by atoms with Crippen molar-refractivity contribution in [3.05, 3.63) is 87.5 Å². The predicted molar refractivity (Wildman–Crippen MR) is 276 cm³/mol. The quantitative estimate of drug-likeness (QED) is 0.0261. The number of carboxylic acids is 2. The summed E-state index contributed by atoms with van der Waals surface area (Å²) in [5, 5.41) is 27.9. The van der Waals surface area contributed by atoms with Crippen LogP contribution >= 0.6 is 34.9 Å². The van der Waals surface area contributed by atoms with E-state index in [-0.39, 0.29) is 51.5 Å². The Bertz CT molecular complexity index is 2330. The van der Waals surface area contributed by atoms with Gasteiger partial charge < -0.3 is 45.9 Å². The summed E-state index contributed by atoms with van der Waals surface area (Å²) in [6.45, 7) is 12.0. The van der Waals surface area contributed by atoms with E-state index in [9.17, 15) is 29.1 Å². The second kappa shape index (κ2) is 29.3. The number of nitrogens with zero attached hydrogens (tertiary/aromatic N) is 3. The van der Waals surface area contributed by atoms with Crippen LogP contribution in [-0.2, 0) is 29.7 Å². The first-order valence-corrected chi connectivity index (χ1v) is 24.9. The minimum atomic E-state index is -1.31. The first kappa shape index (κ1) is 57.6. The minimum Gasteiger partial charge on any atom is -0.479 e. The molecule has 3 aromatic carbocycles. The van der Waals surface area contributed by atoms with E-state index in [1.54, 1.807) is 32.1 Å². The molecular weight excluding hydrogens is 949 g/mol. The number of piperidine rings is 2. The minimum absolute atomic E-state index is 0.000277. The number of carboxylic acid groups (broad SMARTS) is 2. The van der Waals surface area contributed by atoms with Crippen LogP contribution in [0.1, 0.15) is 92.9 Å². The van der Waals surface area contributed by atoms with Crippen molar-refractivity contribution in [2.75, 3.05) is 67.3 Å². The molecule has 3 heterocycles. The van der Waals surface area contributed by atoms with E-state index in [1.165, 1.54) is 17.0 Å². The maximum atomic E-state index is 15.0. The number of benzene rings is 3. The topological polar surface area (TPSA) is 224 Å². The van der Waals surface area contributed by atoms with Crippen LogP contribution in [0.3, 0.4) is 0 Å². The SMILES string of the molecule is C=O.CC.CC.CN(C=O)c1cc(C(CCN)CCNc2cccc(CSN3CCC(Nc4cc(-c5sc(C(=O)O)c(OCC(=O)O)c5Cl)ccc4F)CC3)c2)ccc1N(C)C1CCC(=O)NC1=O. The average molecular weight is 1010 g/mol. The Hall–Kier alpha value is -5.73. The largest absolute Gasteiger partial charge is 0.479 e. The number of nitrogens with one attached hydrogen (secondary N) is 3. The van der Waals surface area contributed by atoms with E-state index in [0.29, 0.717) is 41.3 Å². The van der Waals surface area contributed by atoms with Crippen LogP contribution in [0, 0.1) is 5.82 Å². The molecule has 0 saturated carbocycles. The number of carbonyl (C=O) groups is 6.